The highest BCUT2D eigenvalue weighted by molar-refractivity contribution is 7.57. The quantitative estimate of drug-likeness (QED) is 0.107. The molecule has 0 unspecified atom stereocenters. The lowest BCUT2D eigenvalue weighted by atomic mass is 10.2. The van der Waals surface area contributed by atoms with E-state index in [4.69, 9.17) is 40.2 Å². The van der Waals surface area contributed by atoms with Crippen LogP contribution in [0.1, 0.15) is 27.7 Å². The SMILES string of the molecule is CC(C)OC(=O)[C@H](C)N[P@@](=O)(CO[C@H](C)Cn1cnc2c(N)ncnc21)Oc1ccccc1.O=C(O)[C@H](O)[C@@H](O)C(=O)O. The number of carboxylic acid groups (broad SMARTS) is 2. The summed E-state index contributed by atoms with van der Waals surface area (Å²) >= 11 is 0. The van der Waals surface area contributed by atoms with Crippen LogP contribution in [-0.4, -0.2) is 94.7 Å². The minimum Gasteiger partial charge on any atom is -0.479 e. The van der Waals surface area contributed by atoms with Gasteiger partial charge in [-0.2, -0.15) is 0 Å². The van der Waals surface area contributed by atoms with E-state index in [2.05, 4.69) is 20.0 Å². The predicted molar refractivity (Wildman–Crippen MR) is 151 cm³/mol. The molecule has 0 radical (unpaired) electrons. The fraction of sp³-hybridized carbons (Fsp3) is 0.440. The van der Waals surface area contributed by atoms with E-state index >= 15 is 0 Å². The van der Waals surface area contributed by atoms with Gasteiger partial charge in [0.05, 0.1) is 25.1 Å². The molecule has 2 aromatic heterocycles. The maximum absolute atomic E-state index is 13.6. The highest BCUT2D eigenvalue weighted by atomic mass is 31.2. The van der Waals surface area contributed by atoms with Gasteiger partial charge in [0, 0.05) is 0 Å². The maximum Gasteiger partial charge on any atom is 0.342 e. The van der Waals surface area contributed by atoms with Gasteiger partial charge in [0.15, 0.2) is 23.7 Å². The number of imidazole rings is 1. The molecule has 0 aliphatic heterocycles. The van der Waals surface area contributed by atoms with E-state index < -0.39 is 43.7 Å². The molecular weight excluding hydrogens is 591 g/mol. The third-order valence-electron chi connectivity index (χ3n) is 5.31. The van der Waals surface area contributed by atoms with Crippen molar-refractivity contribution in [1.29, 1.82) is 0 Å². The van der Waals surface area contributed by atoms with Crippen LogP contribution in [0.3, 0.4) is 0 Å². The fourth-order valence-corrected chi connectivity index (χ4v) is 5.07. The molecule has 236 valence electrons. The van der Waals surface area contributed by atoms with Crippen LogP contribution in [0, 0.1) is 0 Å². The molecule has 3 aromatic rings. The smallest absolute Gasteiger partial charge is 0.342 e. The number of aromatic nitrogens is 4. The molecule has 0 aliphatic rings. The normalized spacial score (nSPS) is 15.3. The largest absolute Gasteiger partial charge is 0.479 e. The molecule has 0 spiro atoms. The molecule has 43 heavy (non-hydrogen) atoms. The van der Waals surface area contributed by atoms with Crippen LogP contribution in [-0.2, 0) is 35.0 Å². The Labute approximate surface area is 246 Å². The van der Waals surface area contributed by atoms with Crippen molar-refractivity contribution in [3.8, 4) is 5.75 Å². The maximum atomic E-state index is 13.6. The van der Waals surface area contributed by atoms with Crippen LogP contribution in [0.15, 0.2) is 43.0 Å². The van der Waals surface area contributed by atoms with E-state index in [0.717, 1.165) is 0 Å². The van der Waals surface area contributed by atoms with Gasteiger partial charge in [-0.3, -0.25) is 9.36 Å². The number of fused-ring (bicyclic) bond motifs is 1. The number of aliphatic hydroxyl groups is 2. The van der Waals surface area contributed by atoms with Crippen LogP contribution in [0.25, 0.3) is 11.2 Å². The van der Waals surface area contributed by atoms with Crippen molar-refractivity contribution < 1.29 is 53.4 Å². The van der Waals surface area contributed by atoms with Crippen LogP contribution < -0.4 is 15.3 Å². The lowest BCUT2D eigenvalue weighted by Crippen LogP contribution is -2.39. The first-order valence-corrected chi connectivity index (χ1v) is 14.6. The topological polar surface area (TPSA) is 259 Å². The molecular formula is C25H35N6O11P. The molecule has 17 nitrogen and oxygen atoms in total. The van der Waals surface area contributed by atoms with Crippen molar-refractivity contribution in [3.05, 3.63) is 43.0 Å². The third kappa shape index (κ3) is 10.9. The molecule has 0 saturated carbocycles. The highest BCUT2D eigenvalue weighted by Crippen LogP contribution is 2.44. The second kappa shape index (κ2) is 15.9. The van der Waals surface area contributed by atoms with Crippen molar-refractivity contribution in [2.75, 3.05) is 12.1 Å². The molecule has 7 N–H and O–H groups in total. The Kier molecular flexibility index (Phi) is 13.0. The average molecular weight is 627 g/mol. The van der Waals surface area contributed by atoms with Crippen molar-refractivity contribution in [3.63, 3.8) is 0 Å². The first-order valence-electron chi connectivity index (χ1n) is 12.8. The average Bonchev–Trinajstić information content (AvgIpc) is 3.35. The Bertz CT molecular complexity index is 1400. The number of aliphatic hydroxyl groups excluding tert-OH is 2. The number of carboxylic acids is 2. The van der Waals surface area contributed by atoms with Crippen molar-refractivity contribution in [1.82, 2.24) is 24.6 Å². The highest BCUT2D eigenvalue weighted by Gasteiger charge is 2.32. The Morgan fingerprint density at radius 2 is 1.60 bits per heavy atom. The van der Waals surface area contributed by atoms with Gasteiger partial charge in [-0.15, -0.1) is 0 Å². The van der Waals surface area contributed by atoms with Crippen LogP contribution in [0.5, 0.6) is 5.75 Å². The van der Waals surface area contributed by atoms with E-state index in [9.17, 15) is 18.9 Å². The number of rotatable bonds is 14. The van der Waals surface area contributed by atoms with E-state index in [1.54, 1.807) is 55.9 Å². The number of esters is 1. The fourth-order valence-electron chi connectivity index (χ4n) is 3.28. The Morgan fingerprint density at radius 1 is 1.00 bits per heavy atom. The summed E-state index contributed by atoms with van der Waals surface area (Å²) in [7, 11) is -3.64. The number of nitrogens with two attached hydrogens (primary N) is 1. The molecule has 1 aromatic carbocycles. The van der Waals surface area contributed by atoms with E-state index in [-0.39, 0.29) is 18.6 Å². The van der Waals surface area contributed by atoms with E-state index in [1.807, 2.05) is 13.0 Å². The lowest BCUT2D eigenvalue weighted by Gasteiger charge is -2.25. The number of para-hydroxylation sites is 1. The van der Waals surface area contributed by atoms with Gasteiger partial charge in [-0.25, -0.2) is 29.6 Å². The molecule has 2 heterocycles. The number of aliphatic carboxylic acids is 2. The molecule has 0 aliphatic carbocycles. The summed E-state index contributed by atoms with van der Waals surface area (Å²) in [5.41, 5.74) is 6.91. The van der Waals surface area contributed by atoms with Crippen LogP contribution >= 0.6 is 7.52 Å². The molecule has 18 heteroatoms. The van der Waals surface area contributed by atoms with Gasteiger partial charge in [-0.05, 0) is 39.8 Å². The minimum atomic E-state index is -3.64. The van der Waals surface area contributed by atoms with E-state index in [1.165, 1.54) is 6.33 Å². The van der Waals surface area contributed by atoms with E-state index in [0.29, 0.717) is 29.3 Å². The number of ether oxygens (including phenoxy) is 2. The Morgan fingerprint density at radius 3 is 2.16 bits per heavy atom. The predicted octanol–water partition coefficient (Wildman–Crippen LogP) is 0.850. The van der Waals surface area contributed by atoms with Gasteiger partial charge in [-0.1, -0.05) is 18.2 Å². The molecule has 3 rings (SSSR count). The molecule has 0 amide bonds. The van der Waals surface area contributed by atoms with Gasteiger partial charge >= 0.3 is 25.4 Å². The summed E-state index contributed by atoms with van der Waals surface area (Å²) in [5.74, 6) is -3.39. The summed E-state index contributed by atoms with van der Waals surface area (Å²) in [6.07, 6.45) is -2.52. The number of anilines is 1. The number of benzene rings is 1. The number of nitrogens with zero attached hydrogens (tertiary/aromatic N) is 4. The van der Waals surface area contributed by atoms with Gasteiger partial charge < -0.3 is 44.7 Å². The first kappa shape index (κ1) is 35.0. The van der Waals surface area contributed by atoms with Crippen molar-refractivity contribution >= 4 is 42.4 Å². The second-order valence-corrected chi connectivity index (χ2v) is 11.5. The number of nitrogens with one attached hydrogen (secondary N) is 1. The molecule has 0 saturated heterocycles. The zero-order valence-electron chi connectivity index (χ0n) is 23.8. The number of carbonyl (C=O) groups is 3. The summed E-state index contributed by atoms with van der Waals surface area (Å²) in [4.78, 5) is 44.2. The second-order valence-electron chi connectivity index (χ2n) is 9.41. The number of hydrogen-bond donors (Lipinski definition) is 6. The lowest BCUT2D eigenvalue weighted by molar-refractivity contribution is -0.165. The van der Waals surface area contributed by atoms with Gasteiger partial charge in [0.25, 0.3) is 0 Å². The minimum absolute atomic E-state index is 0.272. The Hall–Kier alpha value is -4.15. The standard InChI is InChI=1S/C21H29N6O5P.C4H6O6/c1-14(2)31-21(28)16(4)26-33(29,32-17-8-6-5-7-9-17)13-30-15(3)10-27-12-25-18-19(22)23-11-24-20(18)27;5-1(3(7)8)2(6)4(9)10/h5-9,11-12,14-16H,10,13H2,1-4H3,(H,26,29)(H2,22,23,24);1-2,5-6H,(H,7,8)(H,9,10)/t15-,16+,33-;1-,2-/m11/s1. The number of nitrogen functional groups attached to an aromatic ring is 1. The van der Waals surface area contributed by atoms with Gasteiger partial charge in [0.2, 0.25) is 0 Å². The number of carbonyl (C=O) groups excluding carboxylic acids is 1. The Balaban J connectivity index is 0.000000553. The monoisotopic (exact) mass is 626 g/mol. The summed E-state index contributed by atoms with van der Waals surface area (Å²) in [5, 5.41) is 35.3. The molecule has 0 fully saturated rings. The number of hydrogen-bond acceptors (Lipinski definition) is 13. The van der Waals surface area contributed by atoms with Crippen LogP contribution in [0.4, 0.5) is 5.82 Å². The third-order valence-corrected chi connectivity index (χ3v) is 7.08. The van der Waals surface area contributed by atoms with Crippen molar-refractivity contribution in [2.45, 2.75) is 64.7 Å². The molecule has 5 atom stereocenters. The summed E-state index contributed by atoms with van der Waals surface area (Å²) in [6.45, 7) is 7.25. The van der Waals surface area contributed by atoms with Gasteiger partial charge in [0.1, 0.15) is 30.0 Å². The first-order chi connectivity index (χ1) is 20.1. The zero-order chi connectivity index (χ0) is 32.3. The zero-order valence-corrected chi connectivity index (χ0v) is 24.7. The van der Waals surface area contributed by atoms with Crippen LogP contribution in [0.2, 0.25) is 0 Å². The summed E-state index contributed by atoms with van der Waals surface area (Å²) in [6, 6.07) is 7.83. The summed E-state index contributed by atoms with van der Waals surface area (Å²) < 4.78 is 32.2. The van der Waals surface area contributed by atoms with Crippen molar-refractivity contribution in [2.24, 2.45) is 0 Å². The molecule has 0 bridgehead atoms.